The Morgan fingerprint density at radius 3 is 2.25 bits per heavy atom. The van der Waals surface area contributed by atoms with E-state index >= 15 is 0 Å². The predicted molar refractivity (Wildman–Crippen MR) is 48.4 cm³/mol. The summed E-state index contributed by atoms with van der Waals surface area (Å²) in [5, 5.41) is 1.20. The maximum absolute atomic E-state index is 11.3. The summed E-state index contributed by atoms with van der Waals surface area (Å²) in [7, 11) is -3.19. The van der Waals surface area contributed by atoms with Crippen molar-refractivity contribution in [1.29, 1.82) is 0 Å². The Morgan fingerprint density at radius 2 is 1.75 bits per heavy atom. The van der Waals surface area contributed by atoms with E-state index in [9.17, 15) is 8.42 Å². The normalized spacial score (nSPS) is 12.1. The molecule has 0 radical (unpaired) electrons. The number of rotatable bonds is 2. The molecule has 0 saturated heterocycles. The summed E-state index contributed by atoms with van der Waals surface area (Å²) < 4.78 is 22.7. The fourth-order valence-corrected chi connectivity index (χ4v) is 1.92. The molecule has 1 rings (SSSR count). The largest absolute Gasteiger partial charge is 0.219 e. The number of hydrogen-bond acceptors (Lipinski definition) is 2. The molecule has 0 N–H and O–H groups in total. The van der Waals surface area contributed by atoms with E-state index in [0.717, 1.165) is 0 Å². The summed E-state index contributed by atoms with van der Waals surface area (Å²) in [4.78, 5) is 0.336. The first kappa shape index (κ1) is 9.00. The molecule has 0 amide bonds. The molecule has 0 aromatic heterocycles. The molecule has 0 saturated carbocycles. The molecular weight excluding hydrogens is 173 g/mol. The molecule has 12 heavy (non-hydrogen) atoms. The van der Waals surface area contributed by atoms with Crippen LogP contribution < -0.4 is 0 Å². The van der Waals surface area contributed by atoms with Gasteiger partial charge in [0, 0.05) is 5.41 Å². The van der Waals surface area contributed by atoms with Crippen LogP contribution in [0.4, 0.5) is 0 Å². The standard InChI is InChI=1S/C9H10O2S/c1-2-8-12(10,11)9-6-4-3-5-7-9/h2-8H,1H3/i8+1. The minimum absolute atomic E-state index is 0.336. The lowest BCUT2D eigenvalue weighted by Crippen LogP contribution is -1.94. The van der Waals surface area contributed by atoms with Crippen LogP contribution in [0.5, 0.6) is 0 Å². The van der Waals surface area contributed by atoms with Gasteiger partial charge in [-0.1, -0.05) is 24.3 Å². The van der Waals surface area contributed by atoms with E-state index in [1.54, 1.807) is 37.3 Å². The van der Waals surface area contributed by atoms with Crippen molar-refractivity contribution in [1.82, 2.24) is 0 Å². The zero-order valence-corrected chi connectivity index (χ0v) is 7.58. The van der Waals surface area contributed by atoms with E-state index in [1.807, 2.05) is 0 Å². The fraction of sp³-hybridized carbons (Fsp3) is 0.111. The topological polar surface area (TPSA) is 34.1 Å². The SMILES string of the molecule is CC=[13CH]S(=O)(=O)c1ccccc1. The van der Waals surface area contributed by atoms with Gasteiger partial charge < -0.3 is 0 Å². The number of benzene rings is 1. The van der Waals surface area contributed by atoms with E-state index in [-0.39, 0.29) is 0 Å². The predicted octanol–water partition coefficient (Wildman–Crippen LogP) is 1.99. The molecule has 0 aliphatic heterocycles. The lowest BCUT2D eigenvalue weighted by atomic mass is 10.4. The average molecular weight is 183 g/mol. The summed E-state index contributed by atoms with van der Waals surface area (Å²) in [6.07, 6.45) is 1.52. The Balaban J connectivity index is 3.16. The van der Waals surface area contributed by atoms with E-state index in [4.69, 9.17) is 0 Å². The van der Waals surface area contributed by atoms with Crippen molar-refractivity contribution in [3.8, 4) is 0 Å². The van der Waals surface area contributed by atoms with E-state index in [2.05, 4.69) is 0 Å². The second kappa shape index (κ2) is 3.54. The van der Waals surface area contributed by atoms with Crippen molar-refractivity contribution in [3.63, 3.8) is 0 Å². The van der Waals surface area contributed by atoms with Gasteiger partial charge >= 0.3 is 0 Å². The maximum atomic E-state index is 11.3. The van der Waals surface area contributed by atoms with Crippen LogP contribution in [0.25, 0.3) is 0 Å². The Labute approximate surface area is 72.5 Å². The zero-order chi connectivity index (χ0) is 9.03. The van der Waals surface area contributed by atoms with Crippen molar-refractivity contribution >= 4 is 9.84 Å². The molecule has 1 aromatic rings. The highest BCUT2D eigenvalue weighted by Gasteiger charge is 2.07. The van der Waals surface area contributed by atoms with Crippen molar-refractivity contribution in [3.05, 3.63) is 41.8 Å². The fourth-order valence-electron chi connectivity index (χ4n) is 0.868. The van der Waals surface area contributed by atoms with Gasteiger partial charge in [0.05, 0.1) is 4.90 Å². The molecule has 0 bridgehead atoms. The Morgan fingerprint density at radius 1 is 1.17 bits per heavy atom. The quantitative estimate of drug-likeness (QED) is 0.657. The summed E-state index contributed by atoms with van der Waals surface area (Å²) in [6, 6.07) is 8.35. The molecule has 0 spiro atoms. The van der Waals surface area contributed by atoms with Crippen LogP contribution in [0, 0.1) is 0 Å². The van der Waals surface area contributed by atoms with Gasteiger partial charge in [-0.2, -0.15) is 0 Å². The van der Waals surface area contributed by atoms with Crippen LogP contribution in [0.2, 0.25) is 0 Å². The summed E-state index contributed by atoms with van der Waals surface area (Å²) in [5.41, 5.74) is 0. The minimum Gasteiger partial charge on any atom is -0.219 e. The third kappa shape index (κ3) is 1.95. The van der Waals surface area contributed by atoms with Gasteiger partial charge in [-0.05, 0) is 19.1 Å². The van der Waals surface area contributed by atoms with Gasteiger partial charge in [0.1, 0.15) is 0 Å². The number of hydrogen-bond donors (Lipinski definition) is 0. The summed E-state index contributed by atoms with van der Waals surface area (Å²) >= 11 is 0. The molecule has 0 aliphatic rings. The summed E-state index contributed by atoms with van der Waals surface area (Å²) in [5.74, 6) is 0. The lowest BCUT2D eigenvalue weighted by molar-refractivity contribution is 0.604. The van der Waals surface area contributed by atoms with Crippen molar-refractivity contribution in [2.75, 3.05) is 0 Å². The van der Waals surface area contributed by atoms with Gasteiger partial charge in [-0.15, -0.1) is 0 Å². The molecule has 64 valence electrons. The second-order valence-corrected chi connectivity index (χ2v) is 4.16. The Kier molecular flexibility index (Phi) is 2.65. The van der Waals surface area contributed by atoms with Gasteiger partial charge in [0.2, 0.25) is 0 Å². The van der Waals surface area contributed by atoms with Gasteiger partial charge in [0.25, 0.3) is 0 Å². The lowest BCUT2D eigenvalue weighted by Gasteiger charge is -1.95. The molecule has 0 heterocycles. The van der Waals surface area contributed by atoms with Crippen LogP contribution in [-0.2, 0) is 9.84 Å². The average Bonchev–Trinajstić information content (AvgIpc) is 2.06. The third-order valence-electron chi connectivity index (χ3n) is 1.39. The smallest absolute Gasteiger partial charge is 0.199 e. The molecule has 0 aliphatic carbocycles. The monoisotopic (exact) mass is 183 g/mol. The molecule has 3 heteroatoms. The maximum Gasteiger partial charge on any atom is 0.199 e. The number of allylic oxidation sites excluding steroid dienone is 1. The van der Waals surface area contributed by atoms with Gasteiger partial charge in [-0.3, -0.25) is 0 Å². The molecular formula is C9H10O2S. The van der Waals surface area contributed by atoms with Crippen LogP contribution in [0.3, 0.4) is 0 Å². The van der Waals surface area contributed by atoms with Crippen molar-refractivity contribution in [2.45, 2.75) is 11.8 Å². The first-order valence-corrected chi connectivity index (χ1v) is 5.14. The molecule has 1 aromatic carbocycles. The van der Waals surface area contributed by atoms with Crippen LogP contribution in [-0.4, -0.2) is 8.42 Å². The Hall–Kier alpha value is -1.09. The van der Waals surface area contributed by atoms with E-state index in [1.165, 1.54) is 11.5 Å². The van der Waals surface area contributed by atoms with Crippen molar-refractivity contribution < 1.29 is 8.42 Å². The first-order chi connectivity index (χ1) is 5.67. The number of sulfone groups is 1. The molecule has 2 nitrogen and oxygen atoms in total. The minimum atomic E-state index is -3.19. The van der Waals surface area contributed by atoms with Crippen LogP contribution in [0.15, 0.2) is 46.7 Å². The third-order valence-corrected chi connectivity index (χ3v) is 2.95. The highest BCUT2D eigenvalue weighted by atomic mass is 32.2. The van der Waals surface area contributed by atoms with Crippen LogP contribution >= 0.6 is 0 Å². The van der Waals surface area contributed by atoms with Crippen molar-refractivity contribution in [2.24, 2.45) is 0 Å². The highest BCUT2D eigenvalue weighted by molar-refractivity contribution is 7.94. The van der Waals surface area contributed by atoms with Crippen LogP contribution in [0.1, 0.15) is 6.92 Å². The highest BCUT2D eigenvalue weighted by Crippen LogP contribution is 2.10. The summed E-state index contributed by atoms with van der Waals surface area (Å²) in [6.45, 7) is 1.68. The molecule has 0 fully saturated rings. The first-order valence-electron chi connectivity index (χ1n) is 3.59. The van der Waals surface area contributed by atoms with E-state index in [0.29, 0.717) is 4.90 Å². The molecule has 0 atom stereocenters. The van der Waals surface area contributed by atoms with Gasteiger partial charge in [0.15, 0.2) is 9.84 Å². The second-order valence-electron chi connectivity index (χ2n) is 2.33. The Bertz CT molecular complexity index is 363. The molecule has 0 unspecified atom stereocenters. The van der Waals surface area contributed by atoms with E-state index < -0.39 is 9.84 Å². The van der Waals surface area contributed by atoms with Gasteiger partial charge in [-0.25, -0.2) is 8.42 Å². The zero-order valence-electron chi connectivity index (χ0n) is 6.77.